The van der Waals surface area contributed by atoms with Crippen LogP contribution in [0.1, 0.15) is 83.9 Å². The molecule has 49 heavy (non-hydrogen) atoms. The van der Waals surface area contributed by atoms with E-state index in [1.54, 1.807) is 30.3 Å². The summed E-state index contributed by atoms with van der Waals surface area (Å²) in [6.45, 7) is 5.95. The number of piperidine rings is 1. The van der Waals surface area contributed by atoms with E-state index in [-0.39, 0.29) is 22.0 Å². The predicted molar refractivity (Wildman–Crippen MR) is 192 cm³/mol. The zero-order valence-electron chi connectivity index (χ0n) is 27.9. The molecule has 2 fully saturated rings. The van der Waals surface area contributed by atoms with Gasteiger partial charge in [-0.3, -0.25) is 4.79 Å². The molecule has 0 spiro atoms. The predicted octanol–water partition coefficient (Wildman–Crippen LogP) is 6.88. The summed E-state index contributed by atoms with van der Waals surface area (Å²) in [6.07, 6.45) is 10.2. The number of aryl methyl sites for hydroxylation is 2. The lowest BCUT2D eigenvalue weighted by Gasteiger charge is -2.39. The highest BCUT2D eigenvalue weighted by atomic mass is 32.2. The Hall–Kier alpha value is -4.74. The molecule has 11 heteroatoms. The average Bonchev–Trinajstić information content (AvgIpc) is 3.82. The molecule has 0 atom stereocenters. The largest absolute Gasteiger partial charge is 0.383 e. The van der Waals surface area contributed by atoms with Gasteiger partial charge in [0.2, 0.25) is 5.78 Å². The van der Waals surface area contributed by atoms with Gasteiger partial charge < -0.3 is 15.6 Å². The molecule has 0 amide bonds. The minimum Gasteiger partial charge on any atom is -0.383 e. The lowest BCUT2D eigenvalue weighted by Crippen LogP contribution is -2.41. The number of benzene rings is 3. The van der Waals surface area contributed by atoms with Gasteiger partial charge in [0.15, 0.2) is 0 Å². The molecular weight excluding hydrogens is 635 g/mol. The Labute approximate surface area is 286 Å². The van der Waals surface area contributed by atoms with Gasteiger partial charge in [0.1, 0.15) is 17.3 Å². The van der Waals surface area contributed by atoms with Crippen LogP contribution in [0.5, 0.6) is 0 Å². The summed E-state index contributed by atoms with van der Waals surface area (Å²) in [6, 6.07) is 20.6. The van der Waals surface area contributed by atoms with Crippen LogP contribution in [0.4, 0.5) is 5.82 Å². The van der Waals surface area contributed by atoms with E-state index in [1.165, 1.54) is 52.5 Å². The smallest absolute Gasteiger partial charge is 0.268 e. The van der Waals surface area contributed by atoms with Gasteiger partial charge in [-0.1, -0.05) is 43.0 Å². The Morgan fingerprint density at radius 3 is 2.41 bits per heavy atom. The zero-order chi connectivity index (χ0) is 33.9. The number of carbonyl (C=O) groups is 1. The standard InChI is InChI=1S/C38H41N7O3S/c1-24-8-12-31(13-9-24)49(47,48)45-35-15-10-27(26-16-18-43(19-17-26)29-6-4-3-5-7-29)20-28(35)21-36(45)37(46)32-23-40-44(38(32)39)30-11-14-33-34(22-30)42-25(2)41-33/h8-15,20-23,26,29H,3-7,16-19,39H2,1-2H3,(H,41,42). The lowest BCUT2D eigenvalue weighted by molar-refractivity contribution is 0.103. The van der Waals surface area contributed by atoms with Crippen LogP contribution in [-0.2, 0) is 10.0 Å². The molecule has 1 saturated carbocycles. The second-order valence-electron chi connectivity index (χ2n) is 13.7. The molecule has 3 N–H and O–H groups in total. The van der Waals surface area contributed by atoms with Crippen LogP contribution in [0, 0.1) is 13.8 Å². The van der Waals surface area contributed by atoms with Gasteiger partial charge >= 0.3 is 0 Å². The summed E-state index contributed by atoms with van der Waals surface area (Å²) in [5.41, 5.74) is 11.6. The van der Waals surface area contributed by atoms with E-state index >= 15 is 0 Å². The normalized spacial score (nSPS) is 16.9. The number of fused-ring (bicyclic) bond motifs is 2. The molecule has 0 unspecified atom stereocenters. The molecular formula is C38H41N7O3S. The molecule has 6 aromatic rings. The Balaban J connectivity index is 1.17. The number of likely N-dealkylation sites (tertiary alicyclic amines) is 1. The van der Waals surface area contributed by atoms with Crippen LogP contribution < -0.4 is 5.73 Å². The van der Waals surface area contributed by atoms with Crippen LogP contribution in [0.15, 0.2) is 77.8 Å². The number of H-pyrrole nitrogens is 1. The molecule has 1 aliphatic heterocycles. The molecule has 4 heterocycles. The lowest BCUT2D eigenvalue weighted by atomic mass is 9.86. The summed E-state index contributed by atoms with van der Waals surface area (Å²) >= 11 is 0. The van der Waals surface area contributed by atoms with Gasteiger partial charge in [-0.2, -0.15) is 5.10 Å². The van der Waals surface area contributed by atoms with Crippen LogP contribution in [-0.4, -0.2) is 62.0 Å². The Morgan fingerprint density at radius 1 is 0.898 bits per heavy atom. The second-order valence-corrected chi connectivity index (χ2v) is 15.5. The zero-order valence-corrected chi connectivity index (χ0v) is 28.7. The van der Waals surface area contributed by atoms with Gasteiger partial charge in [0.25, 0.3) is 10.0 Å². The third kappa shape index (κ3) is 5.64. The number of carbonyl (C=O) groups excluding carboxylic acids is 1. The maximum absolute atomic E-state index is 14.4. The average molecular weight is 676 g/mol. The fourth-order valence-corrected chi connectivity index (χ4v) is 9.38. The van der Waals surface area contributed by atoms with Crippen molar-refractivity contribution in [3.63, 3.8) is 0 Å². The SMILES string of the molecule is Cc1ccc(S(=O)(=O)n2c(C(=O)c3cnn(-c4ccc5[nH]c(C)nc5c4)c3N)cc3cc(C4CCN(C5CCCCC5)CC4)ccc32)cc1. The van der Waals surface area contributed by atoms with Gasteiger partial charge in [-0.05, 0) is 113 Å². The van der Waals surface area contributed by atoms with Crippen LogP contribution in [0.3, 0.4) is 0 Å². The van der Waals surface area contributed by atoms with Crippen molar-refractivity contribution in [1.82, 2.24) is 28.6 Å². The van der Waals surface area contributed by atoms with E-state index in [2.05, 4.69) is 26.0 Å². The number of hydrogen-bond acceptors (Lipinski definition) is 7. The van der Waals surface area contributed by atoms with Crippen molar-refractivity contribution in [2.45, 2.75) is 75.6 Å². The molecule has 0 bridgehead atoms. The first-order valence-corrected chi connectivity index (χ1v) is 18.7. The molecule has 3 aromatic carbocycles. The van der Waals surface area contributed by atoms with Crippen molar-refractivity contribution >= 4 is 43.6 Å². The van der Waals surface area contributed by atoms with Crippen molar-refractivity contribution < 1.29 is 13.2 Å². The first-order chi connectivity index (χ1) is 23.7. The monoisotopic (exact) mass is 675 g/mol. The highest BCUT2D eigenvalue weighted by Crippen LogP contribution is 2.36. The molecule has 8 rings (SSSR count). The minimum absolute atomic E-state index is 0.0180. The van der Waals surface area contributed by atoms with E-state index in [9.17, 15) is 13.2 Å². The van der Waals surface area contributed by atoms with Gasteiger partial charge in [0, 0.05) is 11.4 Å². The Kier molecular flexibility index (Phi) is 7.91. The number of ketones is 1. The molecule has 3 aromatic heterocycles. The molecule has 10 nitrogen and oxygen atoms in total. The number of anilines is 1. The third-order valence-electron chi connectivity index (χ3n) is 10.5. The quantitative estimate of drug-likeness (QED) is 0.176. The second kappa shape index (κ2) is 12.3. The van der Waals surface area contributed by atoms with Gasteiger partial charge in [-0.25, -0.2) is 22.1 Å². The van der Waals surface area contributed by atoms with Crippen molar-refractivity contribution in [3.05, 3.63) is 101 Å². The fourth-order valence-electron chi connectivity index (χ4n) is 7.87. The number of nitrogens with two attached hydrogens (primary N) is 1. The van der Waals surface area contributed by atoms with Crippen LogP contribution in [0.25, 0.3) is 27.6 Å². The Morgan fingerprint density at radius 2 is 1.65 bits per heavy atom. The number of rotatable bonds is 7. The van der Waals surface area contributed by atoms with Crippen molar-refractivity contribution in [1.29, 1.82) is 0 Å². The molecule has 1 saturated heterocycles. The molecule has 0 radical (unpaired) electrons. The minimum atomic E-state index is -4.15. The number of nitrogen functional groups attached to an aromatic ring is 1. The summed E-state index contributed by atoms with van der Waals surface area (Å²) < 4.78 is 31.3. The Bertz CT molecular complexity index is 2300. The number of nitrogens with one attached hydrogen (secondary N) is 1. The molecule has 252 valence electrons. The van der Waals surface area contributed by atoms with Crippen LogP contribution >= 0.6 is 0 Å². The third-order valence-corrected chi connectivity index (χ3v) is 12.3. The van der Waals surface area contributed by atoms with E-state index in [0.29, 0.717) is 28.6 Å². The molecule has 2 aliphatic rings. The van der Waals surface area contributed by atoms with E-state index in [0.717, 1.165) is 48.4 Å². The summed E-state index contributed by atoms with van der Waals surface area (Å²) in [5, 5.41) is 5.15. The topological polar surface area (TPSA) is 132 Å². The van der Waals surface area contributed by atoms with Gasteiger partial charge in [-0.15, -0.1) is 0 Å². The van der Waals surface area contributed by atoms with E-state index in [1.807, 2.05) is 44.2 Å². The highest BCUT2D eigenvalue weighted by Gasteiger charge is 2.31. The number of imidazole rings is 1. The van der Waals surface area contributed by atoms with E-state index < -0.39 is 15.8 Å². The molecule has 1 aliphatic carbocycles. The first kappa shape index (κ1) is 31.5. The number of hydrogen-bond donors (Lipinski definition) is 2. The van der Waals surface area contributed by atoms with Crippen molar-refractivity contribution in [3.8, 4) is 5.69 Å². The van der Waals surface area contributed by atoms with Gasteiger partial charge in [0.05, 0.1) is 38.9 Å². The number of nitrogens with zero attached hydrogens (tertiary/aromatic N) is 5. The highest BCUT2D eigenvalue weighted by molar-refractivity contribution is 7.90. The maximum Gasteiger partial charge on any atom is 0.268 e. The van der Waals surface area contributed by atoms with Crippen molar-refractivity contribution in [2.75, 3.05) is 18.8 Å². The summed E-state index contributed by atoms with van der Waals surface area (Å²) in [7, 11) is -4.15. The van der Waals surface area contributed by atoms with E-state index in [4.69, 9.17) is 5.73 Å². The summed E-state index contributed by atoms with van der Waals surface area (Å²) in [5.74, 6) is 0.762. The first-order valence-electron chi connectivity index (χ1n) is 17.2. The number of aromatic nitrogens is 5. The van der Waals surface area contributed by atoms with Crippen molar-refractivity contribution in [2.24, 2.45) is 0 Å². The maximum atomic E-state index is 14.4. The van der Waals surface area contributed by atoms with Crippen LogP contribution in [0.2, 0.25) is 0 Å². The summed E-state index contributed by atoms with van der Waals surface area (Å²) in [4.78, 5) is 24.9. The fraction of sp³-hybridized carbons (Fsp3) is 0.342. The number of aromatic amines is 1.